The van der Waals surface area contributed by atoms with E-state index in [0.29, 0.717) is 37.1 Å². The van der Waals surface area contributed by atoms with Crippen molar-refractivity contribution in [1.82, 2.24) is 0 Å². The minimum absolute atomic E-state index is 0.0116. The number of cyclic esters (lactones) is 2. The molecule has 1 heterocycles. The highest BCUT2D eigenvalue weighted by Gasteiger charge is 2.28. The molecule has 2 N–H and O–H groups in total. The number of carbonyl (C=O) groups is 4. The molecule has 0 spiro atoms. The number of benzene rings is 3. The van der Waals surface area contributed by atoms with Crippen LogP contribution in [0.25, 0.3) is 0 Å². The van der Waals surface area contributed by atoms with Crippen molar-refractivity contribution in [2.75, 3.05) is 12.4 Å². The Hall–Kier alpha value is -3.30. The number of rotatable bonds is 8. The predicted octanol–water partition coefficient (Wildman–Crippen LogP) is 7.53. The Balaban J connectivity index is 0.000000248. The first-order valence-electron chi connectivity index (χ1n) is 12.2. The SMILES string of the molecule is COc1ccccc1NC(=O)CC(CC(=O)O)c1ccc(Cl)c(Cl)c1.O=C1CC(c2ccc(Cl)c(Cl)c2)CC(=O)O1. The summed E-state index contributed by atoms with van der Waals surface area (Å²) >= 11 is 23.6. The van der Waals surface area contributed by atoms with E-state index in [-0.39, 0.29) is 37.5 Å². The van der Waals surface area contributed by atoms with Gasteiger partial charge in [0.05, 0.1) is 52.2 Å². The lowest BCUT2D eigenvalue weighted by molar-refractivity contribution is -0.164. The molecule has 3 aromatic carbocycles. The van der Waals surface area contributed by atoms with Crippen molar-refractivity contribution in [3.05, 3.63) is 91.9 Å². The molecule has 1 fully saturated rings. The molecule has 4 rings (SSSR count). The van der Waals surface area contributed by atoms with Crippen molar-refractivity contribution >= 4 is 75.9 Å². The number of para-hydroxylation sites is 2. The van der Waals surface area contributed by atoms with E-state index in [1.807, 2.05) is 0 Å². The molecule has 41 heavy (non-hydrogen) atoms. The minimum Gasteiger partial charge on any atom is -0.495 e. The molecule has 8 nitrogen and oxygen atoms in total. The number of hydrogen-bond acceptors (Lipinski definition) is 6. The molecule has 3 aromatic rings. The molecule has 1 aliphatic rings. The number of carboxylic acids is 1. The number of amides is 1. The van der Waals surface area contributed by atoms with Gasteiger partial charge in [0, 0.05) is 18.3 Å². The molecule has 12 heteroatoms. The molecular formula is C29H25Cl4NO7. The molecule has 1 saturated heterocycles. The fraction of sp³-hybridized carbons (Fsp3) is 0.241. The van der Waals surface area contributed by atoms with E-state index in [0.717, 1.165) is 5.56 Å². The summed E-state index contributed by atoms with van der Waals surface area (Å²) in [5.41, 5.74) is 2.00. The maximum absolute atomic E-state index is 12.4. The summed E-state index contributed by atoms with van der Waals surface area (Å²) in [4.78, 5) is 45.8. The van der Waals surface area contributed by atoms with Gasteiger partial charge in [0.1, 0.15) is 5.75 Å². The number of carbonyl (C=O) groups excluding carboxylic acids is 3. The van der Waals surface area contributed by atoms with Crippen LogP contribution in [-0.4, -0.2) is 36.0 Å². The standard InChI is InChI=1S/C18H17Cl2NO4.C11H8Cl2O3/c1-25-16-5-3-2-4-15(16)21-17(22)9-12(10-18(23)24)11-6-7-13(19)14(20)8-11;12-8-2-1-6(3-9(8)13)7-4-10(14)16-11(15)5-7/h2-8,12H,9-10H2,1H3,(H,21,22)(H,23,24);1-3,7H,4-5H2. The van der Waals surface area contributed by atoms with Crippen LogP contribution in [0.2, 0.25) is 20.1 Å². The van der Waals surface area contributed by atoms with Gasteiger partial charge in [-0.3, -0.25) is 19.2 Å². The zero-order chi connectivity index (χ0) is 30.1. The van der Waals surface area contributed by atoms with Gasteiger partial charge in [0.15, 0.2) is 0 Å². The molecule has 0 aliphatic carbocycles. The van der Waals surface area contributed by atoms with E-state index >= 15 is 0 Å². The van der Waals surface area contributed by atoms with E-state index in [1.54, 1.807) is 60.7 Å². The number of nitrogens with one attached hydrogen (secondary N) is 1. The van der Waals surface area contributed by atoms with Crippen molar-refractivity contribution < 1.29 is 33.8 Å². The smallest absolute Gasteiger partial charge is 0.314 e. The average molecular weight is 641 g/mol. The van der Waals surface area contributed by atoms with Crippen molar-refractivity contribution in [2.45, 2.75) is 37.5 Å². The Morgan fingerprint density at radius 3 is 2.10 bits per heavy atom. The van der Waals surface area contributed by atoms with Crippen LogP contribution in [0, 0.1) is 0 Å². The van der Waals surface area contributed by atoms with Gasteiger partial charge in [0.2, 0.25) is 5.91 Å². The second-order valence-corrected chi connectivity index (χ2v) is 10.7. The Labute approximate surface area is 256 Å². The highest BCUT2D eigenvalue weighted by molar-refractivity contribution is 6.42. The molecule has 0 bridgehead atoms. The van der Waals surface area contributed by atoms with Gasteiger partial charge >= 0.3 is 17.9 Å². The van der Waals surface area contributed by atoms with Gasteiger partial charge in [-0.2, -0.15) is 0 Å². The molecule has 216 valence electrons. The summed E-state index contributed by atoms with van der Waals surface area (Å²) in [6.07, 6.45) is 0.188. The van der Waals surface area contributed by atoms with Gasteiger partial charge in [-0.25, -0.2) is 0 Å². The van der Waals surface area contributed by atoms with Gasteiger partial charge in [0.25, 0.3) is 0 Å². The largest absolute Gasteiger partial charge is 0.495 e. The van der Waals surface area contributed by atoms with E-state index in [4.69, 9.17) is 56.2 Å². The summed E-state index contributed by atoms with van der Waals surface area (Å²) in [5, 5.41) is 13.5. The third-order valence-corrected chi connectivity index (χ3v) is 7.60. The third kappa shape index (κ3) is 9.64. The Kier molecular flexibility index (Phi) is 11.8. The summed E-state index contributed by atoms with van der Waals surface area (Å²) < 4.78 is 9.64. The minimum atomic E-state index is -0.999. The predicted molar refractivity (Wildman–Crippen MR) is 157 cm³/mol. The van der Waals surface area contributed by atoms with E-state index in [9.17, 15) is 19.2 Å². The number of methoxy groups -OCH3 is 1. The van der Waals surface area contributed by atoms with Crippen LogP contribution in [0.3, 0.4) is 0 Å². The number of halogens is 4. The van der Waals surface area contributed by atoms with Crippen molar-refractivity contribution in [2.24, 2.45) is 0 Å². The molecule has 0 aromatic heterocycles. The normalized spacial score (nSPS) is 13.9. The molecule has 1 aliphatic heterocycles. The lowest BCUT2D eigenvalue weighted by Gasteiger charge is -2.20. The van der Waals surface area contributed by atoms with Crippen molar-refractivity contribution in [3.8, 4) is 5.75 Å². The quantitative estimate of drug-likeness (QED) is 0.193. The number of esters is 2. The van der Waals surface area contributed by atoms with Gasteiger partial charge in [-0.1, -0.05) is 70.7 Å². The highest BCUT2D eigenvalue weighted by atomic mass is 35.5. The maximum Gasteiger partial charge on any atom is 0.314 e. The van der Waals surface area contributed by atoms with Crippen LogP contribution in [0.1, 0.15) is 48.6 Å². The molecule has 1 atom stereocenters. The lowest BCUT2D eigenvalue weighted by atomic mass is 9.91. The van der Waals surface area contributed by atoms with E-state index in [1.165, 1.54) is 7.11 Å². The number of carboxylic acid groups (broad SMARTS) is 1. The third-order valence-electron chi connectivity index (χ3n) is 6.12. The van der Waals surface area contributed by atoms with Gasteiger partial charge in [-0.05, 0) is 47.5 Å². The van der Waals surface area contributed by atoms with Crippen LogP contribution in [-0.2, 0) is 23.9 Å². The first-order valence-corrected chi connectivity index (χ1v) is 13.8. The van der Waals surface area contributed by atoms with E-state index in [2.05, 4.69) is 10.1 Å². The fourth-order valence-electron chi connectivity index (χ4n) is 4.14. The summed E-state index contributed by atoms with van der Waals surface area (Å²) in [5.74, 6) is -2.46. The first kappa shape index (κ1) is 32.2. The summed E-state index contributed by atoms with van der Waals surface area (Å²) in [7, 11) is 1.51. The molecule has 1 amide bonds. The molecule has 1 unspecified atom stereocenters. The second kappa shape index (κ2) is 15.1. The van der Waals surface area contributed by atoms with Crippen LogP contribution >= 0.6 is 46.4 Å². The Bertz CT molecular complexity index is 1430. The number of hydrogen-bond donors (Lipinski definition) is 2. The summed E-state index contributed by atoms with van der Waals surface area (Å²) in [6.45, 7) is 0. The monoisotopic (exact) mass is 639 g/mol. The maximum atomic E-state index is 12.4. The molecular weight excluding hydrogens is 616 g/mol. The van der Waals surface area contributed by atoms with Crippen LogP contribution in [0.5, 0.6) is 5.75 Å². The zero-order valence-electron chi connectivity index (χ0n) is 21.7. The van der Waals surface area contributed by atoms with E-state index < -0.39 is 23.8 Å². The molecule has 0 radical (unpaired) electrons. The fourth-order valence-corrected chi connectivity index (χ4v) is 4.76. The van der Waals surface area contributed by atoms with Crippen LogP contribution in [0.15, 0.2) is 60.7 Å². The van der Waals surface area contributed by atoms with Crippen molar-refractivity contribution in [1.29, 1.82) is 0 Å². The Morgan fingerprint density at radius 1 is 0.902 bits per heavy atom. The topological polar surface area (TPSA) is 119 Å². The number of ether oxygens (including phenoxy) is 2. The first-order chi connectivity index (χ1) is 19.5. The van der Waals surface area contributed by atoms with Gasteiger partial charge < -0.3 is 19.9 Å². The van der Waals surface area contributed by atoms with Crippen LogP contribution in [0.4, 0.5) is 5.69 Å². The summed E-state index contributed by atoms with van der Waals surface area (Å²) in [6, 6.07) is 17.0. The average Bonchev–Trinajstić information content (AvgIpc) is 2.91. The lowest BCUT2D eigenvalue weighted by Crippen LogP contribution is -2.24. The van der Waals surface area contributed by atoms with Crippen LogP contribution < -0.4 is 10.1 Å². The second-order valence-electron chi connectivity index (χ2n) is 9.05. The highest BCUT2D eigenvalue weighted by Crippen LogP contribution is 2.33. The van der Waals surface area contributed by atoms with Crippen molar-refractivity contribution in [3.63, 3.8) is 0 Å². The zero-order valence-corrected chi connectivity index (χ0v) is 24.7. The number of aliphatic carboxylic acids is 1. The number of anilines is 1. The van der Waals surface area contributed by atoms with Gasteiger partial charge in [-0.15, -0.1) is 0 Å². The Morgan fingerprint density at radius 2 is 1.51 bits per heavy atom. The molecule has 0 saturated carbocycles.